The average molecular weight is 158 g/mol. The third kappa shape index (κ3) is 0.934. The fraction of sp³-hybridized carbons (Fsp3) is 0.182. The Morgan fingerprint density at radius 1 is 1.33 bits per heavy atom. The number of rotatable bonds is 1. The predicted molar refractivity (Wildman–Crippen MR) is 52.1 cm³/mol. The maximum absolute atomic E-state index is 4.00. The van der Waals surface area contributed by atoms with Gasteiger partial charge in [0.1, 0.15) is 0 Å². The smallest absolute Gasteiger partial charge is 0.0483 e. The van der Waals surface area contributed by atoms with Gasteiger partial charge in [-0.3, -0.25) is 0 Å². The van der Waals surface area contributed by atoms with Crippen LogP contribution in [0.25, 0.3) is 10.9 Å². The highest BCUT2D eigenvalue weighted by Gasteiger charge is 2.01. The molecule has 61 valence electrons. The minimum absolute atomic E-state index is 1.04. The van der Waals surface area contributed by atoms with Crippen LogP contribution in [-0.4, -0.2) is 4.57 Å². The third-order valence-corrected chi connectivity index (χ3v) is 2.26. The summed E-state index contributed by atoms with van der Waals surface area (Å²) in [6.45, 7) is 2.15. The molecule has 2 aromatic rings. The molecule has 0 aliphatic rings. The first-order chi connectivity index (χ1) is 5.83. The lowest BCUT2D eigenvalue weighted by molar-refractivity contribution is 0.960. The zero-order valence-electron chi connectivity index (χ0n) is 7.25. The largest absolute Gasteiger partial charge is 0.343 e. The molecule has 0 unspecified atom stereocenters. The van der Waals surface area contributed by atoms with Crippen LogP contribution in [0.2, 0.25) is 0 Å². The summed E-state index contributed by atoms with van der Waals surface area (Å²) in [5, 5.41) is 1.28. The lowest BCUT2D eigenvalue weighted by atomic mass is 10.2. The second kappa shape index (κ2) is 2.67. The van der Waals surface area contributed by atoms with Gasteiger partial charge >= 0.3 is 0 Å². The number of para-hydroxylation sites is 1. The van der Waals surface area contributed by atoms with Crippen molar-refractivity contribution in [3.63, 3.8) is 0 Å². The number of benzene rings is 1. The summed E-state index contributed by atoms with van der Waals surface area (Å²) in [6, 6.07) is 10.5. The first-order valence-electron chi connectivity index (χ1n) is 4.23. The van der Waals surface area contributed by atoms with E-state index in [1.165, 1.54) is 16.6 Å². The van der Waals surface area contributed by atoms with Crippen LogP contribution in [0, 0.1) is 7.05 Å². The van der Waals surface area contributed by atoms with E-state index in [-0.39, 0.29) is 0 Å². The first kappa shape index (κ1) is 7.41. The van der Waals surface area contributed by atoms with E-state index in [4.69, 9.17) is 0 Å². The van der Waals surface area contributed by atoms with Crippen LogP contribution in [0.5, 0.6) is 0 Å². The van der Waals surface area contributed by atoms with Gasteiger partial charge in [-0.25, -0.2) is 0 Å². The Morgan fingerprint density at radius 2 is 2.08 bits per heavy atom. The molecule has 0 saturated carbocycles. The molecule has 2 rings (SSSR count). The molecule has 0 fully saturated rings. The fourth-order valence-corrected chi connectivity index (χ4v) is 1.56. The Hall–Kier alpha value is -1.24. The van der Waals surface area contributed by atoms with Crippen LogP contribution in [0.1, 0.15) is 12.6 Å². The number of hydrogen-bond acceptors (Lipinski definition) is 0. The van der Waals surface area contributed by atoms with Crippen LogP contribution in [0.15, 0.2) is 30.3 Å². The Morgan fingerprint density at radius 3 is 2.75 bits per heavy atom. The van der Waals surface area contributed by atoms with Gasteiger partial charge in [0.2, 0.25) is 0 Å². The van der Waals surface area contributed by atoms with Crippen molar-refractivity contribution in [2.24, 2.45) is 0 Å². The number of aryl methyl sites for hydroxylation is 1. The predicted octanol–water partition coefficient (Wildman–Crippen LogP) is 2.84. The summed E-state index contributed by atoms with van der Waals surface area (Å²) in [7, 11) is 4.00. The third-order valence-electron chi connectivity index (χ3n) is 2.26. The zero-order chi connectivity index (χ0) is 8.55. The van der Waals surface area contributed by atoms with Crippen molar-refractivity contribution in [1.29, 1.82) is 0 Å². The van der Waals surface area contributed by atoms with Crippen LogP contribution in [0.3, 0.4) is 0 Å². The molecule has 0 saturated heterocycles. The Kier molecular flexibility index (Phi) is 1.65. The van der Waals surface area contributed by atoms with Crippen LogP contribution in [0.4, 0.5) is 0 Å². The molecule has 0 aliphatic heterocycles. The van der Waals surface area contributed by atoms with E-state index < -0.39 is 0 Å². The van der Waals surface area contributed by atoms with E-state index >= 15 is 0 Å². The van der Waals surface area contributed by atoms with Crippen molar-refractivity contribution < 1.29 is 0 Å². The molecule has 0 atom stereocenters. The molecule has 1 aromatic carbocycles. The monoisotopic (exact) mass is 158 g/mol. The molecule has 1 heteroatoms. The standard InChI is InChI=1S/C11H12N/c1-3-10-8-9-6-4-5-7-11(9)12(10)2/h4-8H,2-3H2,1H3. The molecule has 12 heavy (non-hydrogen) atoms. The fourth-order valence-electron chi connectivity index (χ4n) is 1.56. The van der Waals surface area contributed by atoms with Gasteiger partial charge in [-0.1, -0.05) is 25.1 Å². The van der Waals surface area contributed by atoms with E-state index in [1.807, 2.05) is 10.6 Å². The van der Waals surface area contributed by atoms with Crippen molar-refractivity contribution in [2.75, 3.05) is 0 Å². The molecular formula is C11H12N. The van der Waals surface area contributed by atoms with Gasteiger partial charge in [0.15, 0.2) is 0 Å². The molecule has 0 bridgehead atoms. The minimum Gasteiger partial charge on any atom is -0.343 e. The number of nitrogens with zero attached hydrogens (tertiary/aromatic N) is 1. The molecule has 1 heterocycles. The van der Waals surface area contributed by atoms with Crippen molar-refractivity contribution in [3.8, 4) is 0 Å². The van der Waals surface area contributed by atoms with Gasteiger partial charge in [0.25, 0.3) is 0 Å². The van der Waals surface area contributed by atoms with E-state index in [9.17, 15) is 0 Å². The highest BCUT2D eigenvalue weighted by Crippen LogP contribution is 2.18. The normalized spacial score (nSPS) is 10.8. The molecule has 1 aromatic heterocycles. The van der Waals surface area contributed by atoms with Gasteiger partial charge in [-0.2, -0.15) is 0 Å². The molecule has 0 spiro atoms. The molecular weight excluding hydrogens is 146 g/mol. The maximum Gasteiger partial charge on any atom is 0.0483 e. The van der Waals surface area contributed by atoms with Crippen molar-refractivity contribution in [1.82, 2.24) is 4.57 Å². The topological polar surface area (TPSA) is 4.93 Å². The lowest BCUT2D eigenvalue weighted by Gasteiger charge is -1.98. The summed E-state index contributed by atoms with van der Waals surface area (Å²) >= 11 is 0. The number of aromatic nitrogens is 1. The SMILES string of the molecule is [CH2]n1c(CC)cc2ccccc21. The first-order valence-corrected chi connectivity index (χ1v) is 4.23. The Balaban J connectivity index is 2.78. The van der Waals surface area contributed by atoms with Crippen molar-refractivity contribution in [2.45, 2.75) is 13.3 Å². The van der Waals surface area contributed by atoms with E-state index in [2.05, 4.69) is 38.2 Å². The Bertz CT molecular complexity index is 398. The second-order valence-corrected chi connectivity index (χ2v) is 2.98. The molecule has 0 aliphatic carbocycles. The van der Waals surface area contributed by atoms with Gasteiger partial charge in [-0.05, 0) is 23.9 Å². The van der Waals surface area contributed by atoms with Gasteiger partial charge in [0, 0.05) is 18.3 Å². The van der Waals surface area contributed by atoms with E-state index in [0.29, 0.717) is 0 Å². The zero-order valence-corrected chi connectivity index (χ0v) is 7.25. The second-order valence-electron chi connectivity index (χ2n) is 2.98. The summed E-state index contributed by atoms with van der Waals surface area (Å²) in [5.74, 6) is 0. The van der Waals surface area contributed by atoms with Crippen LogP contribution >= 0.6 is 0 Å². The minimum atomic E-state index is 1.04. The summed E-state index contributed by atoms with van der Waals surface area (Å²) in [4.78, 5) is 0. The quantitative estimate of drug-likeness (QED) is 0.601. The number of fused-ring (bicyclic) bond motifs is 1. The summed E-state index contributed by atoms with van der Waals surface area (Å²) < 4.78 is 2.01. The molecule has 1 radical (unpaired) electrons. The average Bonchev–Trinajstić information content (AvgIpc) is 2.44. The number of hydrogen-bond donors (Lipinski definition) is 0. The summed E-state index contributed by atoms with van der Waals surface area (Å²) in [5.41, 5.74) is 2.51. The van der Waals surface area contributed by atoms with Crippen LogP contribution in [-0.2, 0) is 6.42 Å². The van der Waals surface area contributed by atoms with Crippen LogP contribution < -0.4 is 0 Å². The van der Waals surface area contributed by atoms with E-state index in [0.717, 1.165) is 6.42 Å². The van der Waals surface area contributed by atoms with E-state index in [1.54, 1.807) is 0 Å². The van der Waals surface area contributed by atoms with Gasteiger partial charge in [-0.15, -0.1) is 0 Å². The highest BCUT2D eigenvalue weighted by atomic mass is 14.9. The van der Waals surface area contributed by atoms with Crippen molar-refractivity contribution in [3.05, 3.63) is 43.1 Å². The highest BCUT2D eigenvalue weighted by molar-refractivity contribution is 5.81. The van der Waals surface area contributed by atoms with Gasteiger partial charge in [0.05, 0.1) is 0 Å². The molecule has 1 nitrogen and oxygen atoms in total. The maximum atomic E-state index is 4.00. The molecule has 0 N–H and O–H groups in total. The summed E-state index contributed by atoms with van der Waals surface area (Å²) in [6.07, 6.45) is 1.04. The van der Waals surface area contributed by atoms with Crippen molar-refractivity contribution >= 4 is 10.9 Å². The lowest BCUT2D eigenvalue weighted by Crippen LogP contribution is -1.90. The Labute approximate surface area is 72.6 Å². The molecule has 0 amide bonds. The van der Waals surface area contributed by atoms with Gasteiger partial charge < -0.3 is 4.57 Å².